The number of rotatable bonds is 6. The number of carbonyl (C=O) groups excluding carboxylic acids is 2. The highest BCUT2D eigenvalue weighted by atomic mass is 32.2. The molecule has 0 aromatic heterocycles. The van der Waals surface area contributed by atoms with E-state index >= 15 is 0 Å². The van der Waals surface area contributed by atoms with E-state index in [9.17, 15) is 18.0 Å². The first-order valence-corrected chi connectivity index (χ1v) is 11.3. The number of anilines is 1. The molecule has 0 radical (unpaired) electrons. The molecule has 0 aliphatic carbocycles. The van der Waals surface area contributed by atoms with Gasteiger partial charge in [0.1, 0.15) is 6.04 Å². The number of hydrogen-bond acceptors (Lipinski definition) is 5. The van der Waals surface area contributed by atoms with Crippen LogP contribution in [-0.2, 0) is 19.6 Å². The summed E-state index contributed by atoms with van der Waals surface area (Å²) in [7, 11) is -3.66. The van der Waals surface area contributed by atoms with Gasteiger partial charge in [0.2, 0.25) is 15.9 Å². The fourth-order valence-corrected chi connectivity index (χ4v) is 4.54. The van der Waals surface area contributed by atoms with Gasteiger partial charge in [0, 0.05) is 26.2 Å². The molecule has 9 heteroatoms. The molecule has 0 saturated carbocycles. The second-order valence-corrected chi connectivity index (χ2v) is 8.69. The van der Waals surface area contributed by atoms with E-state index in [4.69, 9.17) is 4.74 Å². The Balaban J connectivity index is 2.20. The van der Waals surface area contributed by atoms with Crippen LogP contribution in [0.4, 0.5) is 10.5 Å². The predicted molar refractivity (Wildman–Crippen MR) is 108 cm³/mol. The van der Waals surface area contributed by atoms with E-state index in [1.807, 2.05) is 13.0 Å². The van der Waals surface area contributed by atoms with Gasteiger partial charge in [0.05, 0.1) is 18.6 Å². The molecule has 1 aliphatic heterocycles. The first kappa shape index (κ1) is 22.0. The van der Waals surface area contributed by atoms with Crippen molar-refractivity contribution in [3.63, 3.8) is 0 Å². The maximum absolute atomic E-state index is 13.2. The van der Waals surface area contributed by atoms with Crippen molar-refractivity contribution in [2.24, 2.45) is 0 Å². The predicted octanol–water partition coefficient (Wildman–Crippen LogP) is 1.84. The Morgan fingerprint density at radius 3 is 2.25 bits per heavy atom. The molecule has 1 aliphatic rings. The highest BCUT2D eigenvalue weighted by Crippen LogP contribution is 2.24. The lowest BCUT2D eigenvalue weighted by molar-refractivity contribution is -0.134. The molecule has 1 saturated heterocycles. The smallest absolute Gasteiger partial charge is 0.409 e. The average molecular weight is 412 g/mol. The fourth-order valence-electron chi connectivity index (χ4n) is 3.34. The Hall–Kier alpha value is -2.29. The Morgan fingerprint density at radius 2 is 1.75 bits per heavy atom. The number of piperazine rings is 1. The SMILES string of the molecule is CCOC(=O)N1CCN(C(=O)[C@@H](CC)N(c2cccc(C)c2)S(C)(=O)=O)CC1. The first-order chi connectivity index (χ1) is 13.2. The molecule has 0 spiro atoms. The molecule has 1 aromatic carbocycles. The zero-order valence-corrected chi connectivity index (χ0v) is 17.7. The van der Waals surface area contributed by atoms with Gasteiger partial charge in [-0.05, 0) is 38.0 Å². The van der Waals surface area contributed by atoms with Gasteiger partial charge in [-0.2, -0.15) is 0 Å². The van der Waals surface area contributed by atoms with Crippen molar-refractivity contribution in [1.82, 2.24) is 9.80 Å². The molecule has 28 heavy (non-hydrogen) atoms. The van der Waals surface area contributed by atoms with E-state index in [2.05, 4.69) is 0 Å². The molecule has 1 aromatic rings. The van der Waals surface area contributed by atoms with Crippen molar-refractivity contribution in [3.05, 3.63) is 29.8 Å². The van der Waals surface area contributed by atoms with Crippen molar-refractivity contribution in [2.45, 2.75) is 33.2 Å². The summed E-state index contributed by atoms with van der Waals surface area (Å²) in [4.78, 5) is 28.2. The Bertz CT molecular complexity index is 804. The largest absolute Gasteiger partial charge is 0.450 e. The molecule has 1 atom stereocenters. The van der Waals surface area contributed by atoms with Crippen molar-refractivity contribution in [3.8, 4) is 0 Å². The molecule has 0 unspecified atom stereocenters. The lowest BCUT2D eigenvalue weighted by Gasteiger charge is -2.38. The van der Waals surface area contributed by atoms with Crippen molar-refractivity contribution in [2.75, 3.05) is 43.3 Å². The Morgan fingerprint density at radius 1 is 1.14 bits per heavy atom. The third kappa shape index (κ3) is 5.15. The van der Waals surface area contributed by atoms with Crippen LogP contribution in [0.25, 0.3) is 0 Å². The van der Waals surface area contributed by atoms with Crippen LogP contribution in [-0.4, -0.2) is 75.3 Å². The van der Waals surface area contributed by atoms with Crippen molar-refractivity contribution in [1.29, 1.82) is 0 Å². The molecule has 156 valence electrons. The minimum Gasteiger partial charge on any atom is -0.450 e. The van der Waals surface area contributed by atoms with Crippen LogP contribution in [0, 0.1) is 6.92 Å². The summed E-state index contributed by atoms with van der Waals surface area (Å²) in [5, 5.41) is 0. The molecule has 1 fully saturated rings. The van der Waals surface area contributed by atoms with Gasteiger partial charge in [-0.1, -0.05) is 19.1 Å². The van der Waals surface area contributed by atoms with Crippen LogP contribution in [0.3, 0.4) is 0 Å². The summed E-state index contributed by atoms with van der Waals surface area (Å²) in [6.07, 6.45) is 1.07. The monoisotopic (exact) mass is 411 g/mol. The van der Waals surface area contributed by atoms with Crippen LogP contribution in [0.15, 0.2) is 24.3 Å². The van der Waals surface area contributed by atoms with Crippen LogP contribution >= 0.6 is 0 Å². The van der Waals surface area contributed by atoms with Gasteiger partial charge < -0.3 is 14.5 Å². The van der Waals surface area contributed by atoms with E-state index in [1.54, 1.807) is 41.8 Å². The second kappa shape index (κ2) is 9.27. The van der Waals surface area contributed by atoms with Crippen LogP contribution < -0.4 is 4.31 Å². The highest BCUT2D eigenvalue weighted by molar-refractivity contribution is 7.92. The van der Waals surface area contributed by atoms with Gasteiger partial charge in [0.25, 0.3) is 0 Å². The summed E-state index contributed by atoms with van der Waals surface area (Å²) in [6.45, 7) is 7.14. The maximum Gasteiger partial charge on any atom is 0.409 e. The van der Waals surface area contributed by atoms with E-state index in [-0.39, 0.29) is 12.0 Å². The normalized spacial score (nSPS) is 15.9. The summed E-state index contributed by atoms with van der Waals surface area (Å²) < 4.78 is 31.3. The number of hydrogen-bond donors (Lipinski definition) is 0. The zero-order chi connectivity index (χ0) is 20.9. The minimum atomic E-state index is -3.66. The number of nitrogens with zero attached hydrogens (tertiary/aromatic N) is 3. The van der Waals surface area contributed by atoms with Crippen molar-refractivity contribution >= 4 is 27.7 Å². The summed E-state index contributed by atoms with van der Waals surface area (Å²) >= 11 is 0. The number of carbonyl (C=O) groups is 2. The fraction of sp³-hybridized carbons (Fsp3) is 0.579. The van der Waals surface area contributed by atoms with Gasteiger partial charge in [-0.15, -0.1) is 0 Å². The van der Waals surface area contributed by atoms with Gasteiger partial charge in [-0.3, -0.25) is 9.10 Å². The number of amides is 2. The summed E-state index contributed by atoms with van der Waals surface area (Å²) in [6, 6.07) is 6.28. The van der Waals surface area contributed by atoms with Crippen LogP contribution in [0.5, 0.6) is 0 Å². The molecular formula is C19H29N3O5S. The average Bonchev–Trinajstić information content (AvgIpc) is 2.64. The molecule has 0 N–H and O–H groups in total. The third-order valence-corrected chi connectivity index (χ3v) is 5.87. The van der Waals surface area contributed by atoms with Gasteiger partial charge in [-0.25, -0.2) is 13.2 Å². The van der Waals surface area contributed by atoms with Crippen LogP contribution in [0.2, 0.25) is 0 Å². The zero-order valence-electron chi connectivity index (χ0n) is 16.9. The first-order valence-electron chi connectivity index (χ1n) is 9.45. The number of aryl methyl sites for hydroxylation is 1. The number of sulfonamides is 1. The van der Waals surface area contributed by atoms with E-state index in [0.717, 1.165) is 11.8 Å². The van der Waals surface area contributed by atoms with Gasteiger partial charge in [0.15, 0.2) is 0 Å². The van der Waals surface area contributed by atoms with E-state index in [1.165, 1.54) is 4.31 Å². The number of ether oxygens (including phenoxy) is 1. The highest BCUT2D eigenvalue weighted by Gasteiger charge is 2.36. The molecule has 2 amide bonds. The lowest BCUT2D eigenvalue weighted by Crippen LogP contribution is -2.56. The van der Waals surface area contributed by atoms with Gasteiger partial charge >= 0.3 is 6.09 Å². The molecule has 2 rings (SSSR count). The third-order valence-electron chi connectivity index (χ3n) is 4.69. The standard InChI is InChI=1S/C19H29N3O5S/c1-5-17(22(28(4,25)26)16-9-7-8-15(3)14-16)18(23)20-10-12-21(13-11-20)19(24)27-6-2/h7-9,14,17H,5-6,10-13H2,1-4H3/t17-/m1/s1. The minimum absolute atomic E-state index is 0.252. The Kier molecular flexibility index (Phi) is 7.29. The lowest BCUT2D eigenvalue weighted by atomic mass is 10.1. The van der Waals surface area contributed by atoms with Crippen molar-refractivity contribution < 1.29 is 22.7 Å². The molecule has 0 bridgehead atoms. The summed E-state index contributed by atoms with van der Waals surface area (Å²) in [5.74, 6) is -0.252. The Labute approximate surface area is 167 Å². The second-order valence-electron chi connectivity index (χ2n) is 6.83. The van der Waals surface area contributed by atoms with E-state index < -0.39 is 16.1 Å². The molecule has 8 nitrogen and oxygen atoms in total. The van der Waals surface area contributed by atoms with Crippen LogP contribution in [0.1, 0.15) is 25.8 Å². The topological polar surface area (TPSA) is 87.2 Å². The quantitative estimate of drug-likeness (QED) is 0.713. The maximum atomic E-state index is 13.2. The van der Waals surface area contributed by atoms with E-state index in [0.29, 0.717) is 44.9 Å². The summed E-state index contributed by atoms with van der Waals surface area (Å²) in [5.41, 5.74) is 1.39. The molecular weight excluding hydrogens is 382 g/mol. The number of benzene rings is 1. The molecule has 1 heterocycles.